The van der Waals surface area contributed by atoms with Gasteiger partial charge in [0, 0.05) is 18.3 Å². The minimum atomic E-state index is -0.588. The Morgan fingerprint density at radius 3 is 2.05 bits per heavy atom. The maximum absolute atomic E-state index is 14.2. The molecule has 2 heterocycles. The summed E-state index contributed by atoms with van der Waals surface area (Å²) in [5, 5.41) is 0. The number of methoxy groups -OCH3 is 1. The third-order valence-corrected chi connectivity index (χ3v) is 6.91. The first-order valence-corrected chi connectivity index (χ1v) is 12.9. The maximum Gasteiger partial charge on any atom is 0.258 e. The van der Waals surface area contributed by atoms with Crippen LogP contribution in [0.4, 0.5) is 5.82 Å². The van der Waals surface area contributed by atoms with Crippen molar-refractivity contribution in [3.8, 4) is 16.9 Å². The molecule has 38 heavy (non-hydrogen) atoms. The van der Waals surface area contributed by atoms with Gasteiger partial charge in [-0.05, 0) is 41.3 Å². The SMILES string of the molecule is CCCC1C(=O)N(Cc2ccccc2)c2ncc(-c3ccc(OC)cc3)cc2C(=O)N1Cc1ccccc1. The Labute approximate surface area is 223 Å². The van der Waals surface area contributed by atoms with E-state index in [4.69, 9.17) is 9.72 Å². The smallest absolute Gasteiger partial charge is 0.258 e. The third-order valence-electron chi connectivity index (χ3n) is 6.91. The molecule has 0 aliphatic carbocycles. The average Bonchev–Trinajstić information content (AvgIpc) is 3.04. The fourth-order valence-electron chi connectivity index (χ4n) is 4.92. The first-order valence-electron chi connectivity index (χ1n) is 12.9. The third kappa shape index (κ3) is 5.16. The highest BCUT2D eigenvalue weighted by Gasteiger charge is 2.40. The summed E-state index contributed by atoms with van der Waals surface area (Å²) in [4.78, 5) is 36.5. The van der Waals surface area contributed by atoms with Gasteiger partial charge in [-0.2, -0.15) is 0 Å². The van der Waals surface area contributed by atoms with Crippen molar-refractivity contribution in [2.75, 3.05) is 12.0 Å². The first kappa shape index (κ1) is 25.2. The van der Waals surface area contributed by atoms with E-state index in [-0.39, 0.29) is 11.8 Å². The Hall–Kier alpha value is -4.45. The molecule has 0 saturated heterocycles. The standard InChI is InChI=1S/C32H31N3O3/c1-3-10-29-32(37)35(22-24-13-8-5-9-14-24)30-28(31(36)34(29)21-23-11-6-4-7-12-23)19-26(20-33-30)25-15-17-27(38-2)18-16-25/h4-9,11-20,29H,3,10,21-22H2,1-2H3. The number of carbonyl (C=O) groups excluding carboxylic acids is 2. The van der Waals surface area contributed by atoms with Crippen molar-refractivity contribution in [1.82, 2.24) is 9.88 Å². The van der Waals surface area contributed by atoms with Gasteiger partial charge < -0.3 is 9.64 Å². The number of benzene rings is 3. The molecule has 4 aromatic rings. The number of aromatic nitrogens is 1. The van der Waals surface area contributed by atoms with Gasteiger partial charge in [-0.1, -0.05) is 86.1 Å². The van der Waals surface area contributed by atoms with E-state index in [1.54, 1.807) is 23.1 Å². The number of fused-ring (bicyclic) bond motifs is 1. The van der Waals surface area contributed by atoms with Crippen LogP contribution < -0.4 is 9.64 Å². The zero-order valence-corrected chi connectivity index (χ0v) is 21.7. The predicted octanol–water partition coefficient (Wildman–Crippen LogP) is 6.12. The lowest BCUT2D eigenvalue weighted by atomic mass is 10.0. The summed E-state index contributed by atoms with van der Waals surface area (Å²) >= 11 is 0. The van der Waals surface area contributed by atoms with Crippen molar-refractivity contribution in [3.63, 3.8) is 0 Å². The molecular formula is C32H31N3O3. The van der Waals surface area contributed by atoms with Crippen LogP contribution >= 0.6 is 0 Å². The van der Waals surface area contributed by atoms with E-state index in [0.717, 1.165) is 34.4 Å². The molecular weight excluding hydrogens is 474 g/mol. The van der Waals surface area contributed by atoms with Crippen molar-refractivity contribution in [2.24, 2.45) is 0 Å². The molecule has 1 aliphatic rings. The second kappa shape index (κ2) is 11.3. The zero-order chi connectivity index (χ0) is 26.5. The maximum atomic E-state index is 14.2. The summed E-state index contributed by atoms with van der Waals surface area (Å²) in [6.07, 6.45) is 3.08. The van der Waals surface area contributed by atoms with E-state index in [1.165, 1.54) is 0 Å². The van der Waals surface area contributed by atoms with E-state index < -0.39 is 6.04 Å². The molecule has 1 atom stereocenters. The fourth-order valence-corrected chi connectivity index (χ4v) is 4.92. The van der Waals surface area contributed by atoms with Crippen LogP contribution in [0, 0.1) is 0 Å². The van der Waals surface area contributed by atoms with Crippen LogP contribution in [0.2, 0.25) is 0 Å². The summed E-state index contributed by atoms with van der Waals surface area (Å²) in [6, 6.07) is 28.6. The van der Waals surface area contributed by atoms with Crippen LogP contribution in [0.15, 0.2) is 97.2 Å². The monoisotopic (exact) mass is 505 g/mol. The van der Waals surface area contributed by atoms with Crippen molar-refractivity contribution in [2.45, 2.75) is 38.9 Å². The quantitative estimate of drug-likeness (QED) is 0.290. The highest BCUT2D eigenvalue weighted by atomic mass is 16.5. The Bertz CT molecular complexity index is 1410. The normalized spacial score (nSPS) is 15.3. The molecule has 2 amide bonds. The van der Waals surface area contributed by atoms with Crippen molar-refractivity contribution >= 4 is 17.6 Å². The van der Waals surface area contributed by atoms with Gasteiger partial charge in [0.25, 0.3) is 11.8 Å². The minimum Gasteiger partial charge on any atom is -0.497 e. The number of pyridine rings is 1. The Morgan fingerprint density at radius 1 is 0.816 bits per heavy atom. The van der Waals surface area contributed by atoms with Crippen LogP contribution in [0.5, 0.6) is 5.75 Å². The van der Waals surface area contributed by atoms with Gasteiger partial charge in [0.2, 0.25) is 0 Å². The molecule has 5 rings (SSSR count). The Morgan fingerprint density at radius 2 is 1.45 bits per heavy atom. The number of carbonyl (C=O) groups is 2. The topological polar surface area (TPSA) is 62.7 Å². The van der Waals surface area contributed by atoms with E-state index in [2.05, 4.69) is 0 Å². The van der Waals surface area contributed by atoms with Gasteiger partial charge in [-0.3, -0.25) is 14.5 Å². The summed E-state index contributed by atoms with van der Waals surface area (Å²) in [6.45, 7) is 2.73. The molecule has 1 aromatic heterocycles. The molecule has 192 valence electrons. The number of hydrogen-bond donors (Lipinski definition) is 0. The summed E-state index contributed by atoms with van der Waals surface area (Å²) in [5.41, 5.74) is 4.11. The van der Waals surface area contributed by atoms with Gasteiger partial charge in [0.1, 0.15) is 17.6 Å². The summed E-state index contributed by atoms with van der Waals surface area (Å²) < 4.78 is 5.30. The zero-order valence-electron chi connectivity index (χ0n) is 21.7. The predicted molar refractivity (Wildman–Crippen MR) is 149 cm³/mol. The van der Waals surface area contributed by atoms with E-state index >= 15 is 0 Å². The minimum absolute atomic E-state index is 0.108. The highest BCUT2D eigenvalue weighted by molar-refractivity contribution is 6.10. The number of ether oxygens (including phenoxy) is 1. The Kier molecular flexibility index (Phi) is 7.50. The molecule has 6 nitrogen and oxygen atoms in total. The molecule has 0 fully saturated rings. The van der Waals surface area contributed by atoms with Crippen molar-refractivity contribution in [3.05, 3.63) is 114 Å². The highest BCUT2D eigenvalue weighted by Crippen LogP contribution is 2.33. The summed E-state index contributed by atoms with van der Waals surface area (Å²) in [5.74, 6) is 0.860. The van der Waals surface area contributed by atoms with Crippen LogP contribution in [0.1, 0.15) is 41.3 Å². The number of rotatable bonds is 8. The molecule has 0 saturated carbocycles. The van der Waals surface area contributed by atoms with Crippen LogP contribution in [-0.2, 0) is 17.9 Å². The molecule has 0 radical (unpaired) electrons. The lowest BCUT2D eigenvalue weighted by molar-refractivity contribution is -0.123. The lowest BCUT2D eigenvalue weighted by Crippen LogP contribution is -2.48. The fraction of sp³-hybridized carbons (Fsp3) is 0.219. The number of nitrogens with zero attached hydrogens (tertiary/aromatic N) is 3. The van der Waals surface area contributed by atoms with Crippen molar-refractivity contribution in [1.29, 1.82) is 0 Å². The van der Waals surface area contributed by atoms with Gasteiger partial charge >= 0.3 is 0 Å². The van der Waals surface area contributed by atoms with E-state index in [9.17, 15) is 9.59 Å². The Balaban J connectivity index is 1.63. The molecule has 6 heteroatoms. The number of amides is 2. The molecule has 1 unspecified atom stereocenters. The number of anilines is 1. The van der Waals surface area contributed by atoms with Crippen LogP contribution in [0.25, 0.3) is 11.1 Å². The van der Waals surface area contributed by atoms with E-state index in [1.807, 2.05) is 97.9 Å². The molecule has 0 spiro atoms. The van der Waals surface area contributed by atoms with Crippen LogP contribution in [0.3, 0.4) is 0 Å². The van der Waals surface area contributed by atoms with Gasteiger partial charge in [0.05, 0.1) is 19.2 Å². The van der Waals surface area contributed by atoms with Gasteiger partial charge in [0.15, 0.2) is 0 Å². The van der Waals surface area contributed by atoms with Gasteiger partial charge in [-0.25, -0.2) is 4.98 Å². The van der Waals surface area contributed by atoms with Crippen LogP contribution in [-0.4, -0.2) is 34.8 Å². The molecule has 0 bridgehead atoms. The first-order chi connectivity index (χ1) is 18.6. The molecule has 0 N–H and O–H groups in total. The largest absolute Gasteiger partial charge is 0.497 e. The lowest BCUT2D eigenvalue weighted by Gasteiger charge is -2.31. The second-order valence-electron chi connectivity index (χ2n) is 9.46. The molecule has 3 aromatic carbocycles. The second-order valence-corrected chi connectivity index (χ2v) is 9.46. The summed E-state index contributed by atoms with van der Waals surface area (Å²) in [7, 11) is 1.63. The molecule has 1 aliphatic heterocycles. The number of hydrogen-bond acceptors (Lipinski definition) is 4. The van der Waals surface area contributed by atoms with Gasteiger partial charge in [-0.15, -0.1) is 0 Å². The average molecular weight is 506 g/mol. The van der Waals surface area contributed by atoms with E-state index in [0.29, 0.717) is 30.9 Å². The van der Waals surface area contributed by atoms with Crippen molar-refractivity contribution < 1.29 is 14.3 Å².